The number of piperazine rings is 1. The molecular weight excluding hydrogens is 347 g/mol. The van der Waals surface area contributed by atoms with Crippen molar-refractivity contribution < 1.29 is 18.0 Å². The summed E-state index contributed by atoms with van der Waals surface area (Å²) in [6.45, 7) is 2.85. The summed E-state index contributed by atoms with van der Waals surface area (Å²) in [6, 6.07) is -1.19. The molecule has 150 valence electrons. The molecule has 2 fully saturated rings. The van der Waals surface area contributed by atoms with E-state index in [1.165, 1.54) is 18.2 Å². The van der Waals surface area contributed by atoms with Crippen LogP contribution in [0.15, 0.2) is 4.99 Å². The zero-order chi connectivity index (χ0) is 19.2. The first-order valence-corrected chi connectivity index (χ1v) is 9.37. The zero-order valence-corrected chi connectivity index (χ0v) is 15.6. The second kappa shape index (κ2) is 9.43. The number of rotatable bonds is 4. The molecule has 0 aromatic heterocycles. The molecule has 1 saturated heterocycles. The predicted octanol–water partition coefficient (Wildman–Crippen LogP) is 1.58. The molecule has 1 unspecified atom stereocenters. The van der Waals surface area contributed by atoms with Crippen LogP contribution in [0.2, 0.25) is 0 Å². The minimum Gasteiger partial charge on any atom is -0.352 e. The van der Waals surface area contributed by atoms with Gasteiger partial charge in [-0.15, -0.1) is 0 Å². The Labute approximate surface area is 153 Å². The van der Waals surface area contributed by atoms with E-state index in [-0.39, 0.29) is 18.5 Å². The summed E-state index contributed by atoms with van der Waals surface area (Å²) in [5.74, 6) is 0.491. The fourth-order valence-electron chi connectivity index (χ4n) is 3.55. The van der Waals surface area contributed by atoms with Crippen LogP contribution < -0.4 is 10.6 Å². The quantitative estimate of drug-likeness (QED) is 0.577. The molecule has 1 atom stereocenters. The Morgan fingerprint density at radius 3 is 2.31 bits per heavy atom. The molecule has 2 N–H and O–H groups in total. The number of nitrogens with one attached hydrogen (secondary N) is 2. The van der Waals surface area contributed by atoms with Gasteiger partial charge in [-0.1, -0.05) is 19.3 Å². The smallest absolute Gasteiger partial charge is 0.352 e. The highest BCUT2D eigenvalue weighted by Gasteiger charge is 2.41. The van der Waals surface area contributed by atoms with Crippen LogP contribution in [0.1, 0.15) is 39.0 Å². The van der Waals surface area contributed by atoms with E-state index in [4.69, 9.17) is 0 Å². The summed E-state index contributed by atoms with van der Waals surface area (Å²) in [4.78, 5) is 19.6. The summed E-state index contributed by atoms with van der Waals surface area (Å²) in [5.41, 5.74) is 0. The Morgan fingerprint density at radius 1 is 1.15 bits per heavy atom. The topological polar surface area (TPSA) is 60.0 Å². The van der Waals surface area contributed by atoms with E-state index in [0.29, 0.717) is 32.1 Å². The number of carbonyl (C=O) groups is 1. The van der Waals surface area contributed by atoms with Gasteiger partial charge in [0.05, 0.1) is 6.54 Å². The number of hydrogen-bond donors (Lipinski definition) is 2. The van der Waals surface area contributed by atoms with Gasteiger partial charge in [-0.05, 0) is 19.8 Å². The zero-order valence-electron chi connectivity index (χ0n) is 15.6. The second-order valence-electron chi connectivity index (χ2n) is 7.04. The molecule has 6 nitrogen and oxygen atoms in total. The molecule has 2 rings (SSSR count). The lowest BCUT2D eigenvalue weighted by molar-refractivity contribution is -0.181. The van der Waals surface area contributed by atoms with E-state index in [1.807, 2.05) is 4.90 Å². The van der Waals surface area contributed by atoms with Crippen molar-refractivity contribution in [1.29, 1.82) is 0 Å². The van der Waals surface area contributed by atoms with Crippen LogP contribution in [-0.4, -0.2) is 79.7 Å². The van der Waals surface area contributed by atoms with Crippen molar-refractivity contribution in [2.45, 2.75) is 57.3 Å². The molecule has 1 amide bonds. The number of amides is 1. The van der Waals surface area contributed by atoms with E-state index < -0.39 is 12.2 Å². The third-order valence-electron chi connectivity index (χ3n) is 5.22. The van der Waals surface area contributed by atoms with E-state index in [1.54, 1.807) is 7.05 Å². The van der Waals surface area contributed by atoms with Gasteiger partial charge in [-0.25, -0.2) is 0 Å². The van der Waals surface area contributed by atoms with Crippen molar-refractivity contribution in [1.82, 2.24) is 20.4 Å². The van der Waals surface area contributed by atoms with E-state index >= 15 is 0 Å². The maximum absolute atomic E-state index is 12.8. The van der Waals surface area contributed by atoms with E-state index in [2.05, 4.69) is 15.6 Å². The molecule has 0 radical (unpaired) electrons. The Kier molecular flexibility index (Phi) is 7.55. The molecular formula is C17H30F3N5O. The summed E-state index contributed by atoms with van der Waals surface area (Å²) < 4.78 is 38.5. The molecule has 1 heterocycles. The highest BCUT2D eigenvalue weighted by atomic mass is 19.4. The first-order chi connectivity index (χ1) is 12.3. The lowest BCUT2D eigenvalue weighted by Crippen LogP contribution is -2.57. The second-order valence-corrected chi connectivity index (χ2v) is 7.04. The normalized spacial score (nSPS) is 22.2. The van der Waals surface area contributed by atoms with Gasteiger partial charge in [0.25, 0.3) is 0 Å². The lowest BCUT2D eigenvalue weighted by atomic mass is 9.95. The molecule has 0 aromatic rings. The molecule has 9 heteroatoms. The predicted molar refractivity (Wildman–Crippen MR) is 95.0 cm³/mol. The van der Waals surface area contributed by atoms with Crippen LogP contribution in [0, 0.1) is 0 Å². The number of nitrogens with zero attached hydrogens (tertiary/aromatic N) is 3. The van der Waals surface area contributed by atoms with Crippen LogP contribution in [0.5, 0.6) is 0 Å². The largest absolute Gasteiger partial charge is 0.403 e. The summed E-state index contributed by atoms with van der Waals surface area (Å²) in [5, 5.41) is 6.06. The van der Waals surface area contributed by atoms with E-state index in [9.17, 15) is 18.0 Å². The highest BCUT2D eigenvalue weighted by Crippen LogP contribution is 2.25. The van der Waals surface area contributed by atoms with Crippen molar-refractivity contribution in [2.75, 3.05) is 39.8 Å². The van der Waals surface area contributed by atoms with Crippen molar-refractivity contribution in [3.05, 3.63) is 0 Å². The van der Waals surface area contributed by atoms with Gasteiger partial charge in [0.2, 0.25) is 5.91 Å². The SMILES string of the molecule is CN=C(NCC(=O)NC1CCCCC1)N1CCN(C(C)C(F)(F)F)CC1. The minimum absolute atomic E-state index is 0.0672. The Balaban J connectivity index is 1.74. The maximum atomic E-state index is 12.8. The van der Waals surface area contributed by atoms with Gasteiger partial charge in [-0.3, -0.25) is 14.7 Å². The van der Waals surface area contributed by atoms with Crippen LogP contribution in [0.25, 0.3) is 0 Å². The molecule has 2 aliphatic rings. The highest BCUT2D eigenvalue weighted by molar-refractivity contribution is 5.86. The Bertz CT molecular complexity index is 483. The number of aliphatic imine (C=N–C) groups is 1. The summed E-state index contributed by atoms with van der Waals surface area (Å²) in [6.07, 6.45) is 1.39. The molecule has 1 aliphatic carbocycles. The van der Waals surface area contributed by atoms with E-state index in [0.717, 1.165) is 25.7 Å². The summed E-state index contributed by atoms with van der Waals surface area (Å²) in [7, 11) is 1.62. The standard InChI is InChI=1S/C17H30F3N5O/c1-13(17(18,19)20)24-8-10-25(11-9-24)16(21-2)22-12-15(26)23-14-6-4-3-5-7-14/h13-14H,3-12H2,1-2H3,(H,21,22)(H,23,26). The third-order valence-corrected chi connectivity index (χ3v) is 5.22. The van der Waals surface area contributed by atoms with Gasteiger partial charge >= 0.3 is 6.18 Å². The van der Waals surface area contributed by atoms with Gasteiger partial charge in [0, 0.05) is 39.3 Å². The molecule has 0 aromatic carbocycles. The average Bonchev–Trinajstić information content (AvgIpc) is 2.62. The molecule has 26 heavy (non-hydrogen) atoms. The monoisotopic (exact) mass is 377 g/mol. The van der Waals surface area contributed by atoms with Crippen LogP contribution in [0.3, 0.4) is 0 Å². The number of halogens is 3. The molecule has 1 aliphatic heterocycles. The number of carbonyl (C=O) groups excluding carboxylic acids is 1. The minimum atomic E-state index is -4.21. The van der Waals surface area contributed by atoms with Crippen LogP contribution in [-0.2, 0) is 4.79 Å². The van der Waals surface area contributed by atoms with Gasteiger partial charge < -0.3 is 15.5 Å². The van der Waals surface area contributed by atoms with Crippen LogP contribution in [0.4, 0.5) is 13.2 Å². The molecule has 0 spiro atoms. The fraction of sp³-hybridized carbons (Fsp3) is 0.882. The fourth-order valence-corrected chi connectivity index (χ4v) is 3.55. The van der Waals surface area contributed by atoms with Crippen molar-refractivity contribution in [3.63, 3.8) is 0 Å². The van der Waals surface area contributed by atoms with Crippen LogP contribution >= 0.6 is 0 Å². The number of guanidine groups is 1. The summed E-state index contributed by atoms with van der Waals surface area (Å²) >= 11 is 0. The Morgan fingerprint density at radius 2 is 1.77 bits per heavy atom. The Hall–Kier alpha value is -1.51. The van der Waals surface area contributed by atoms with Crippen molar-refractivity contribution in [2.24, 2.45) is 4.99 Å². The first-order valence-electron chi connectivity index (χ1n) is 9.37. The first kappa shape index (κ1) is 20.8. The number of alkyl halides is 3. The maximum Gasteiger partial charge on any atom is 0.403 e. The molecule has 0 bridgehead atoms. The van der Waals surface area contributed by atoms with Gasteiger partial charge in [0.15, 0.2) is 5.96 Å². The van der Waals surface area contributed by atoms with Crippen molar-refractivity contribution in [3.8, 4) is 0 Å². The number of hydrogen-bond acceptors (Lipinski definition) is 3. The molecule has 1 saturated carbocycles. The van der Waals surface area contributed by atoms with Gasteiger partial charge in [0.1, 0.15) is 6.04 Å². The van der Waals surface area contributed by atoms with Crippen molar-refractivity contribution >= 4 is 11.9 Å². The van der Waals surface area contributed by atoms with Gasteiger partial charge in [-0.2, -0.15) is 13.2 Å². The lowest BCUT2D eigenvalue weighted by Gasteiger charge is -2.39. The average molecular weight is 377 g/mol. The third kappa shape index (κ3) is 6.03.